The SMILES string of the molecule is CCNC(=O)c1cc(Br)cc(OCCO)c1. The van der Waals surface area contributed by atoms with Crippen LogP contribution in [0.5, 0.6) is 5.75 Å². The summed E-state index contributed by atoms with van der Waals surface area (Å²) in [6.07, 6.45) is 0. The molecule has 0 spiro atoms. The molecule has 1 amide bonds. The van der Waals surface area contributed by atoms with Crippen molar-refractivity contribution in [2.75, 3.05) is 19.8 Å². The Morgan fingerprint density at radius 3 is 2.88 bits per heavy atom. The minimum absolute atomic E-state index is 0.0526. The van der Waals surface area contributed by atoms with Crippen molar-refractivity contribution in [1.29, 1.82) is 0 Å². The predicted octanol–water partition coefficient (Wildman–Crippen LogP) is 1.57. The van der Waals surface area contributed by atoms with E-state index in [-0.39, 0.29) is 19.1 Å². The molecular formula is C11H14BrNO3. The number of amides is 1. The van der Waals surface area contributed by atoms with Crippen LogP contribution in [0.1, 0.15) is 17.3 Å². The Morgan fingerprint density at radius 1 is 1.50 bits per heavy atom. The third-order valence-electron chi connectivity index (χ3n) is 1.83. The standard InChI is InChI=1S/C11H14BrNO3/c1-2-13-11(15)8-5-9(12)7-10(6-8)16-4-3-14/h5-7,14H,2-4H2,1H3,(H,13,15). The molecule has 1 aromatic carbocycles. The van der Waals surface area contributed by atoms with E-state index in [0.29, 0.717) is 17.9 Å². The highest BCUT2D eigenvalue weighted by molar-refractivity contribution is 9.10. The van der Waals surface area contributed by atoms with Crippen LogP contribution in [0.2, 0.25) is 0 Å². The molecule has 5 heteroatoms. The summed E-state index contributed by atoms with van der Waals surface area (Å²) in [5, 5.41) is 11.4. The van der Waals surface area contributed by atoms with Gasteiger partial charge in [-0.25, -0.2) is 0 Å². The molecule has 88 valence electrons. The van der Waals surface area contributed by atoms with Crippen molar-refractivity contribution < 1.29 is 14.6 Å². The summed E-state index contributed by atoms with van der Waals surface area (Å²) in [5.74, 6) is 0.419. The second-order valence-electron chi connectivity index (χ2n) is 3.11. The number of carbonyl (C=O) groups is 1. The first kappa shape index (κ1) is 13.0. The highest BCUT2D eigenvalue weighted by Gasteiger charge is 2.07. The van der Waals surface area contributed by atoms with E-state index in [1.54, 1.807) is 18.2 Å². The van der Waals surface area contributed by atoms with Crippen LogP contribution in [0.15, 0.2) is 22.7 Å². The lowest BCUT2D eigenvalue weighted by atomic mass is 10.2. The molecule has 2 N–H and O–H groups in total. The molecule has 0 aliphatic carbocycles. The number of aliphatic hydroxyl groups is 1. The zero-order valence-corrected chi connectivity index (χ0v) is 10.6. The Morgan fingerprint density at radius 2 is 2.25 bits per heavy atom. The Balaban J connectivity index is 2.84. The normalized spacial score (nSPS) is 9.94. The second-order valence-corrected chi connectivity index (χ2v) is 4.02. The van der Waals surface area contributed by atoms with Crippen LogP contribution in [0, 0.1) is 0 Å². The van der Waals surface area contributed by atoms with Gasteiger partial charge in [-0.15, -0.1) is 0 Å². The van der Waals surface area contributed by atoms with Gasteiger partial charge in [-0.3, -0.25) is 4.79 Å². The summed E-state index contributed by atoms with van der Waals surface area (Å²) in [6.45, 7) is 2.60. The van der Waals surface area contributed by atoms with Gasteiger partial charge in [0.25, 0.3) is 5.91 Å². The minimum atomic E-state index is -0.141. The van der Waals surface area contributed by atoms with E-state index in [1.807, 2.05) is 6.92 Å². The Labute approximate surface area is 103 Å². The molecule has 0 unspecified atom stereocenters. The molecule has 0 aliphatic rings. The maximum atomic E-state index is 11.6. The predicted molar refractivity (Wildman–Crippen MR) is 64.7 cm³/mol. The zero-order valence-electron chi connectivity index (χ0n) is 9.00. The molecule has 4 nitrogen and oxygen atoms in total. The van der Waals surface area contributed by atoms with Gasteiger partial charge in [-0.1, -0.05) is 15.9 Å². The van der Waals surface area contributed by atoms with Crippen molar-refractivity contribution in [3.05, 3.63) is 28.2 Å². The molecule has 0 bridgehead atoms. The molecule has 0 radical (unpaired) electrons. The van der Waals surface area contributed by atoms with Crippen molar-refractivity contribution in [1.82, 2.24) is 5.32 Å². The van der Waals surface area contributed by atoms with Gasteiger partial charge in [0.15, 0.2) is 0 Å². The van der Waals surface area contributed by atoms with Crippen LogP contribution in [0.25, 0.3) is 0 Å². The number of hydrogen-bond acceptors (Lipinski definition) is 3. The van der Waals surface area contributed by atoms with Crippen molar-refractivity contribution in [2.24, 2.45) is 0 Å². The van der Waals surface area contributed by atoms with E-state index in [0.717, 1.165) is 4.47 Å². The van der Waals surface area contributed by atoms with E-state index in [4.69, 9.17) is 9.84 Å². The Hall–Kier alpha value is -1.07. The summed E-state index contributed by atoms with van der Waals surface area (Å²) in [6, 6.07) is 5.11. The lowest BCUT2D eigenvalue weighted by molar-refractivity contribution is 0.0955. The van der Waals surface area contributed by atoms with Crippen LogP contribution in [0.3, 0.4) is 0 Å². The van der Waals surface area contributed by atoms with Crippen molar-refractivity contribution >= 4 is 21.8 Å². The highest BCUT2D eigenvalue weighted by atomic mass is 79.9. The summed E-state index contributed by atoms with van der Waals surface area (Å²) in [5.41, 5.74) is 0.532. The van der Waals surface area contributed by atoms with Gasteiger partial charge < -0.3 is 15.2 Å². The quantitative estimate of drug-likeness (QED) is 0.864. The van der Waals surface area contributed by atoms with Crippen LogP contribution in [0.4, 0.5) is 0 Å². The molecule has 0 aromatic heterocycles. The molecule has 0 atom stereocenters. The van der Waals surface area contributed by atoms with E-state index in [2.05, 4.69) is 21.2 Å². The largest absolute Gasteiger partial charge is 0.491 e. The number of benzene rings is 1. The Kier molecular flexibility index (Phi) is 5.28. The number of aliphatic hydroxyl groups excluding tert-OH is 1. The molecule has 0 saturated heterocycles. The van der Waals surface area contributed by atoms with Crippen molar-refractivity contribution in [2.45, 2.75) is 6.92 Å². The van der Waals surface area contributed by atoms with E-state index >= 15 is 0 Å². The first-order valence-electron chi connectivity index (χ1n) is 4.99. The average Bonchev–Trinajstić information content (AvgIpc) is 2.26. The number of ether oxygens (including phenoxy) is 1. The van der Waals surface area contributed by atoms with Gasteiger partial charge >= 0.3 is 0 Å². The molecule has 0 saturated carbocycles. The topological polar surface area (TPSA) is 58.6 Å². The maximum absolute atomic E-state index is 11.6. The minimum Gasteiger partial charge on any atom is -0.491 e. The number of nitrogens with one attached hydrogen (secondary N) is 1. The van der Waals surface area contributed by atoms with Gasteiger partial charge in [-0.05, 0) is 25.1 Å². The van der Waals surface area contributed by atoms with Gasteiger partial charge in [0.05, 0.1) is 6.61 Å². The van der Waals surface area contributed by atoms with Crippen LogP contribution >= 0.6 is 15.9 Å². The van der Waals surface area contributed by atoms with Gasteiger partial charge in [-0.2, -0.15) is 0 Å². The molecule has 0 fully saturated rings. The summed E-state index contributed by atoms with van der Waals surface area (Å²) < 4.78 is 6.01. The summed E-state index contributed by atoms with van der Waals surface area (Å²) >= 11 is 3.30. The zero-order chi connectivity index (χ0) is 12.0. The molecule has 0 heterocycles. The van der Waals surface area contributed by atoms with E-state index in [1.165, 1.54) is 0 Å². The smallest absolute Gasteiger partial charge is 0.251 e. The van der Waals surface area contributed by atoms with Gasteiger partial charge in [0, 0.05) is 16.6 Å². The third-order valence-corrected chi connectivity index (χ3v) is 2.29. The number of carbonyl (C=O) groups excluding carboxylic acids is 1. The monoisotopic (exact) mass is 287 g/mol. The first-order valence-corrected chi connectivity index (χ1v) is 5.79. The molecule has 1 aromatic rings. The lowest BCUT2D eigenvalue weighted by Gasteiger charge is -2.08. The highest BCUT2D eigenvalue weighted by Crippen LogP contribution is 2.21. The van der Waals surface area contributed by atoms with Crippen molar-refractivity contribution in [3.8, 4) is 5.75 Å². The van der Waals surface area contributed by atoms with E-state index in [9.17, 15) is 4.79 Å². The van der Waals surface area contributed by atoms with E-state index < -0.39 is 0 Å². The van der Waals surface area contributed by atoms with Crippen LogP contribution < -0.4 is 10.1 Å². The fraction of sp³-hybridized carbons (Fsp3) is 0.364. The summed E-state index contributed by atoms with van der Waals surface area (Å²) in [7, 11) is 0. The molecular weight excluding hydrogens is 274 g/mol. The third kappa shape index (κ3) is 3.83. The molecule has 0 aliphatic heterocycles. The molecule has 16 heavy (non-hydrogen) atoms. The van der Waals surface area contributed by atoms with Crippen LogP contribution in [-0.4, -0.2) is 30.8 Å². The summed E-state index contributed by atoms with van der Waals surface area (Å²) in [4.78, 5) is 11.6. The fourth-order valence-electron chi connectivity index (χ4n) is 1.20. The van der Waals surface area contributed by atoms with Crippen LogP contribution in [-0.2, 0) is 0 Å². The molecule has 1 rings (SSSR count). The first-order chi connectivity index (χ1) is 7.67. The lowest BCUT2D eigenvalue weighted by Crippen LogP contribution is -2.22. The van der Waals surface area contributed by atoms with Gasteiger partial charge in [0.2, 0.25) is 0 Å². The Bertz CT molecular complexity index is 368. The van der Waals surface area contributed by atoms with Gasteiger partial charge in [0.1, 0.15) is 12.4 Å². The fourth-order valence-corrected chi connectivity index (χ4v) is 1.68. The average molecular weight is 288 g/mol. The number of halogens is 1. The van der Waals surface area contributed by atoms with Crippen molar-refractivity contribution in [3.63, 3.8) is 0 Å². The number of hydrogen-bond donors (Lipinski definition) is 2. The number of rotatable bonds is 5. The second kappa shape index (κ2) is 6.50. The maximum Gasteiger partial charge on any atom is 0.251 e.